The van der Waals surface area contributed by atoms with Gasteiger partial charge in [-0.25, -0.2) is 4.79 Å². The van der Waals surface area contributed by atoms with E-state index in [4.69, 9.17) is 9.47 Å². The Morgan fingerprint density at radius 1 is 1.29 bits per heavy atom. The predicted molar refractivity (Wildman–Crippen MR) is 117 cm³/mol. The zero-order valence-corrected chi connectivity index (χ0v) is 19.3. The van der Waals surface area contributed by atoms with Gasteiger partial charge in [0.05, 0.1) is 17.6 Å². The van der Waals surface area contributed by atoms with Gasteiger partial charge < -0.3 is 19.7 Å². The Morgan fingerprint density at radius 2 is 2.06 bits per heavy atom. The first-order chi connectivity index (χ1) is 16.0. The summed E-state index contributed by atoms with van der Waals surface area (Å²) >= 11 is 0. The Kier molecular flexibility index (Phi) is 4.30. The zero-order chi connectivity index (χ0) is 24.3. The lowest BCUT2D eigenvalue weighted by molar-refractivity contribution is -0.436. The van der Waals surface area contributed by atoms with Crippen molar-refractivity contribution in [3.8, 4) is 0 Å². The van der Waals surface area contributed by atoms with Gasteiger partial charge in [-0.2, -0.15) is 0 Å². The van der Waals surface area contributed by atoms with Crippen LogP contribution in [0.1, 0.15) is 49.9 Å². The van der Waals surface area contributed by atoms with Crippen LogP contribution in [0.25, 0.3) is 0 Å². The van der Waals surface area contributed by atoms with Crippen LogP contribution in [0.5, 0.6) is 0 Å². The number of aromatic nitrogens is 1. The Balaban J connectivity index is 1.55. The SMILES string of the molecule is C=C1C(=O)C23[C@H](OC(=O)c4cccnc4)[C@H]1CC[C@H]2C12CO[C@@]3(O)[C@@H](O)[C@@H]1C(C)(C)CCC2=O. The lowest BCUT2D eigenvalue weighted by atomic mass is 9.36. The number of rotatable bonds is 2. The summed E-state index contributed by atoms with van der Waals surface area (Å²) in [6.45, 7) is 7.92. The quantitative estimate of drug-likeness (QED) is 0.499. The van der Waals surface area contributed by atoms with Crippen molar-refractivity contribution in [1.82, 2.24) is 4.98 Å². The van der Waals surface area contributed by atoms with Crippen molar-refractivity contribution in [2.24, 2.45) is 34.0 Å². The zero-order valence-electron chi connectivity index (χ0n) is 19.3. The second kappa shape index (κ2) is 6.62. The lowest BCUT2D eigenvalue weighted by Gasteiger charge is -2.72. The van der Waals surface area contributed by atoms with Crippen molar-refractivity contribution < 1.29 is 34.1 Å². The van der Waals surface area contributed by atoms with Gasteiger partial charge in [0.2, 0.25) is 5.79 Å². The number of aliphatic hydroxyl groups is 2. The molecule has 8 atom stereocenters. The fourth-order valence-corrected chi connectivity index (χ4v) is 8.43. The van der Waals surface area contributed by atoms with Gasteiger partial charge in [-0.05, 0) is 48.3 Å². The predicted octanol–water partition coefficient (Wildman–Crippen LogP) is 1.84. The van der Waals surface area contributed by atoms with Crippen molar-refractivity contribution in [3.05, 3.63) is 42.2 Å². The molecule has 1 aromatic heterocycles. The number of esters is 1. The van der Waals surface area contributed by atoms with E-state index in [1.165, 1.54) is 12.4 Å². The van der Waals surface area contributed by atoms with Crippen molar-refractivity contribution in [1.29, 1.82) is 0 Å². The molecule has 8 heteroatoms. The standard InChI is InChI=1S/C26H29NO7/c1-13-15-6-7-16-24-12-33-26(32,20(30)18(24)23(2,3)9-8-17(24)28)25(16,19(13)29)21(15)34-22(31)14-5-4-10-27-11-14/h4-5,10-11,15-16,18,20-21,30,32H,1,6-9,12H2,2-3H3/t15-,16-,18+,20-,21+,24?,25?,26-/m0/s1. The molecule has 6 aliphatic rings. The summed E-state index contributed by atoms with van der Waals surface area (Å²) in [6.07, 6.45) is 2.16. The molecule has 6 fully saturated rings. The fourth-order valence-electron chi connectivity index (χ4n) is 8.43. The van der Waals surface area contributed by atoms with Crippen LogP contribution >= 0.6 is 0 Å². The fraction of sp³-hybridized carbons (Fsp3) is 0.615. The van der Waals surface area contributed by atoms with E-state index >= 15 is 0 Å². The smallest absolute Gasteiger partial charge is 0.340 e. The first-order valence-electron chi connectivity index (χ1n) is 12.0. The van der Waals surface area contributed by atoms with Gasteiger partial charge in [0.25, 0.3) is 0 Å². The minimum absolute atomic E-state index is 0.0527. The highest BCUT2D eigenvalue weighted by molar-refractivity contribution is 6.06. The molecule has 2 N–H and O–H groups in total. The number of hydrogen-bond acceptors (Lipinski definition) is 8. The van der Waals surface area contributed by atoms with Crippen LogP contribution in [-0.2, 0) is 19.1 Å². The summed E-state index contributed by atoms with van der Waals surface area (Å²) in [4.78, 5) is 44.7. The van der Waals surface area contributed by atoms with Gasteiger partial charge in [0.15, 0.2) is 5.78 Å². The topological polar surface area (TPSA) is 123 Å². The number of ketones is 2. The Morgan fingerprint density at radius 3 is 2.76 bits per heavy atom. The molecule has 2 saturated heterocycles. The van der Waals surface area contributed by atoms with Gasteiger partial charge in [-0.15, -0.1) is 0 Å². The molecule has 180 valence electrons. The van der Waals surface area contributed by atoms with Gasteiger partial charge in [0.1, 0.15) is 23.4 Å². The molecule has 4 aliphatic carbocycles. The van der Waals surface area contributed by atoms with Crippen molar-refractivity contribution in [3.63, 3.8) is 0 Å². The third-order valence-corrected chi connectivity index (χ3v) is 9.75. The first-order valence-corrected chi connectivity index (χ1v) is 12.0. The summed E-state index contributed by atoms with van der Waals surface area (Å²) < 4.78 is 11.9. The molecule has 34 heavy (non-hydrogen) atoms. The van der Waals surface area contributed by atoms with E-state index in [0.29, 0.717) is 25.7 Å². The number of hydrogen-bond donors (Lipinski definition) is 2. The number of fused-ring (bicyclic) bond motifs is 2. The van der Waals surface area contributed by atoms with Gasteiger partial charge >= 0.3 is 5.97 Å². The van der Waals surface area contributed by atoms with E-state index in [1.54, 1.807) is 12.1 Å². The molecular weight excluding hydrogens is 438 g/mol. The molecule has 4 saturated carbocycles. The molecule has 0 aromatic carbocycles. The summed E-state index contributed by atoms with van der Waals surface area (Å²) in [5.74, 6) is -5.24. The molecule has 8 nitrogen and oxygen atoms in total. The number of carbonyl (C=O) groups excluding carboxylic acids is 3. The van der Waals surface area contributed by atoms with E-state index in [-0.39, 0.29) is 23.5 Å². The highest BCUT2D eigenvalue weighted by Gasteiger charge is 2.88. The molecule has 4 bridgehead atoms. The van der Waals surface area contributed by atoms with E-state index in [1.807, 2.05) is 13.8 Å². The molecule has 2 aliphatic heterocycles. The van der Waals surface area contributed by atoms with E-state index in [2.05, 4.69) is 11.6 Å². The Hall–Kier alpha value is -2.42. The normalized spacial score (nSPS) is 46.1. The van der Waals surface area contributed by atoms with Crippen LogP contribution in [0, 0.1) is 34.0 Å². The highest BCUT2D eigenvalue weighted by Crippen LogP contribution is 2.76. The number of aliphatic hydroxyl groups excluding tert-OH is 1. The Bertz CT molecular complexity index is 1130. The molecule has 2 spiro atoms. The summed E-state index contributed by atoms with van der Waals surface area (Å²) in [5, 5.41) is 23.8. The minimum atomic E-state index is -2.30. The van der Waals surface area contributed by atoms with Crippen LogP contribution in [-0.4, -0.2) is 57.3 Å². The average Bonchev–Trinajstić information content (AvgIpc) is 2.93. The maximum absolute atomic E-state index is 14.0. The summed E-state index contributed by atoms with van der Waals surface area (Å²) in [6, 6.07) is 3.16. The third kappa shape index (κ3) is 2.21. The van der Waals surface area contributed by atoms with Crippen molar-refractivity contribution in [2.45, 2.75) is 57.5 Å². The molecular formula is C26H29NO7. The number of carbonyl (C=O) groups is 3. The number of Topliss-reactive ketones (excluding diaryl/α,β-unsaturated/α-hetero) is 2. The molecule has 2 unspecified atom stereocenters. The Labute approximate surface area is 197 Å². The highest BCUT2D eigenvalue weighted by atomic mass is 16.6. The van der Waals surface area contributed by atoms with E-state index < -0.39 is 63.7 Å². The number of ether oxygens (including phenoxy) is 2. The van der Waals surface area contributed by atoms with Crippen LogP contribution < -0.4 is 0 Å². The number of pyridine rings is 1. The first kappa shape index (κ1) is 22.1. The van der Waals surface area contributed by atoms with Crippen molar-refractivity contribution in [2.75, 3.05) is 6.61 Å². The van der Waals surface area contributed by atoms with Gasteiger partial charge in [-0.1, -0.05) is 20.4 Å². The van der Waals surface area contributed by atoms with Crippen LogP contribution in [0.2, 0.25) is 0 Å². The maximum Gasteiger partial charge on any atom is 0.340 e. The van der Waals surface area contributed by atoms with E-state index in [0.717, 1.165) is 0 Å². The second-order valence-electron chi connectivity index (χ2n) is 11.4. The van der Waals surface area contributed by atoms with Gasteiger partial charge in [-0.3, -0.25) is 14.6 Å². The molecule has 0 amide bonds. The van der Waals surface area contributed by atoms with E-state index in [9.17, 15) is 24.6 Å². The lowest BCUT2D eigenvalue weighted by Crippen LogP contribution is -2.85. The van der Waals surface area contributed by atoms with Crippen LogP contribution in [0.3, 0.4) is 0 Å². The monoisotopic (exact) mass is 467 g/mol. The molecule has 3 heterocycles. The molecule has 0 radical (unpaired) electrons. The number of nitrogens with zero attached hydrogens (tertiary/aromatic N) is 1. The summed E-state index contributed by atoms with van der Waals surface area (Å²) in [5.41, 5.74) is -2.93. The second-order valence-corrected chi connectivity index (χ2v) is 11.4. The van der Waals surface area contributed by atoms with Crippen LogP contribution in [0.4, 0.5) is 0 Å². The molecule has 1 aromatic rings. The van der Waals surface area contributed by atoms with Gasteiger partial charge in [0, 0.05) is 30.7 Å². The minimum Gasteiger partial charge on any atom is -0.457 e. The average molecular weight is 468 g/mol. The van der Waals surface area contributed by atoms with Crippen LogP contribution in [0.15, 0.2) is 36.7 Å². The van der Waals surface area contributed by atoms with Crippen molar-refractivity contribution >= 4 is 17.5 Å². The summed E-state index contributed by atoms with van der Waals surface area (Å²) in [7, 11) is 0. The maximum atomic E-state index is 14.0. The largest absolute Gasteiger partial charge is 0.457 e. The molecule has 7 rings (SSSR count). The third-order valence-electron chi connectivity index (χ3n) is 9.75.